The summed E-state index contributed by atoms with van der Waals surface area (Å²) in [5, 5.41) is 11.1. The number of benzene rings is 2. The van der Waals surface area contributed by atoms with Gasteiger partial charge in [-0.05, 0) is 37.3 Å². The highest BCUT2D eigenvalue weighted by atomic mass is 32.2. The molecule has 2 heterocycles. The average molecular weight is 430 g/mol. The van der Waals surface area contributed by atoms with Crippen LogP contribution in [-0.2, 0) is 4.79 Å². The Balaban J connectivity index is 1.37. The highest BCUT2D eigenvalue weighted by Gasteiger charge is 2.15. The number of fused-ring (bicyclic) bond motifs is 1. The number of hydrogen-bond donors (Lipinski definition) is 1. The molecule has 0 saturated heterocycles. The van der Waals surface area contributed by atoms with E-state index in [2.05, 4.69) is 20.5 Å². The summed E-state index contributed by atoms with van der Waals surface area (Å²) in [5.74, 6) is 0.180. The second-order valence-corrected chi connectivity index (χ2v) is 7.73. The summed E-state index contributed by atoms with van der Waals surface area (Å²) in [6.07, 6.45) is 0. The van der Waals surface area contributed by atoms with Gasteiger partial charge in [-0.3, -0.25) is 4.79 Å². The minimum atomic E-state index is -0.450. The lowest BCUT2D eigenvalue weighted by Gasteiger charge is -2.00. The van der Waals surface area contributed by atoms with E-state index in [0.717, 1.165) is 27.7 Å². The van der Waals surface area contributed by atoms with Crippen LogP contribution in [0.25, 0.3) is 21.7 Å². The Labute approximate surface area is 173 Å². The number of ether oxygens (including phenoxy) is 1. The Bertz CT molecular complexity index is 1160. The third kappa shape index (κ3) is 4.54. The number of carbonyl (C=O) groups excluding carboxylic acids is 1. The molecule has 0 radical (unpaired) electrons. The van der Waals surface area contributed by atoms with Crippen LogP contribution in [0.1, 0.15) is 6.92 Å². The molecule has 0 aliphatic rings. The standard InChI is InChI=1S/C19H15FN4O3S2/c1-2-26-11-7-8-14-15(9-11)29-18(21-14)22-16(25)10-28-19-24-23-17(27-19)12-5-3-4-6-13(12)20/h3-9H,2,10H2,1H3,(H,21,22,25). The van der Waals surface area contributed by atoms with E-state index in [1.807, 2.05) is 25.1 Å². The molecule has 2 aromatic carbocycles. The van der Waals surface area contributed by atoms with Crippen LogP contribution in [0.2, 0.25) is 0 Å². The SMILES string of the molecule is CCOc1ccc2nc(NC(=O)CSc3nnc(-c4ccccc4F)o3)sc2c1. The first kappa shape index (κ1) is 19.3. The topological polar surface area (TPSA) is 90.1 Å². The van der Waals surface area contributed by atoms with Crippen molar-refractivity contribution in [2.24, 2.45) is 0 Å². The van der Waals surface area contributed by atoms with Crippen molar-refractivity contribution in [3.05, 3.63) is 48.3 Å². The van der Waals surface area contributed by atoms with Gasteiger partial charge in [-0.2, -0.15) is 0 Å². The lowest BCUT2D eigenvalue weighted by Crippen LogP contribution is -2.13. The van der Waals surface area contributed by atoms with Gasteiger partial charge >= 0.3 is 0 Å². The number of thioether (sulfide) groups is 1. The van der Waals surface area contributed by atoms with Crippen LogP contribution in [0, 0.1) is 5.82 Å². The summed E-state index contributed by atoms with van der Waals surface area (Å²) in [7, 11) is 0. The van der Waals surface area contributed by atoms with Gasteiger partial charge in [0.25, 0.3) is 11.1 Å². The molecular weight excluding hydrogens is 415 g/mol. The van der Waals surface area contributed by atoms with E-state index in [9.17, 15) is 9.18 Å². The van der Waals surface area contributed by atoms with Gasteiger partial charge in [-0.15, -0.1) is 10.2 Å². The first-order chi connectivity index (χ1) is 14.1. The maximum atomic E-state index is 13.8. The predicted octanol–water partition coefficient (Wildman–Crippen LogP) is 4.61. The molecule has 0 atom stereocenters. The second-order valence-electron chi connectivity index (χ2n) is 5.77. The third-order valence-corrected chi connectivity index (χ3v) is 5.51. The molecule has 0 bridgehead atoms. The van der Waals surface area contributed by atoms with Crippen LogP contribution >= 0.6 is 23.1 Å². The van der Waals surface area contributed by atoms with Crippen molar-refractivity contribution in [3.8, 4) is 17.2 Å². The maximum Gasteiger partial charge on any atom is 0.277 e. The zero-order valence-corrected chi connectivity index (χ0v) is 16.8. The third-order valence-electron chi connectivity index (χ3n) is 3.75. The maximum absolute atomic E-state index is 13.8. The lowest BCUT2D eigenvalue weighted by atomic mass is 10.2. The van der Waals surface area contributed by atoms with Crippen molar-refractivity contribution in [1.29, 1.82) is 0 Å². The summed E-state index contributed by atoms with van der Waals surface area (Å²) in [6.45, 7) is 2.50. The van der Waals surface area contributed by atoms with Crippen molar-refractivity contribution in [2.45, 2.75) is 12.1 Å². The number of nitrogens with one attached hydrogen (secondary N) is 1. The zero-order valence-electron chi connectivity index (χ0n) is 15.2. The van der Waals surface area contributed by atoms with Crippen LogP contribution in [0.4, 0.5) is 9.52 Å². The number of anilines is 1. The summed E-state index contributed by atoms with van der Waals surface area (Å²) in [4.78, 5) is 16.6. The molecule has 29 heavy (non-hydrogen) atoms. The van der Waals surface area contributed by atoms with Gasteiger partial charge < -0.3 is 14.5 Å². The highest BCUT2D eigenvalue weighted by molar-refractivity contribution is 7.99. The van der Waals surface area contributed by atoms with Crippen LogP contribution in [0.3, 0.4) is 0 Å². The Morgan fingerprint density at radius 1 is 1.28 bits per heavy atom. The van der Waals surface area contributed by atoms with Crippen LogP contribution in [0.15, 0.2) is 52.1 Å². The predicted molar refractivity (Wildman–Crippen MR) is 110 cm³/mol. The fourth-order valence-electron chi connectivity index (χ4n) is 2.51. The van der Waals surface area contributed by atoms with Crippen molar-refractivity contribution >= 4 is 44.4 Å². The second kappa shape index (κ2) is 8.58. The number of amides is 1. The molecule has 0 fully saturated rings. The molecule has 4 aromatic rings. The van der Waals surface area contributed by atoms with Crippen molar-refractivity contribution in [1.82, 2.24) is 15.2 Å². The van der Waals surface area contributed by atoms with E-state index >= 15 is 0 Å². The van der Waals surface area contributed by atoms with E-state index in [1.165, 1.54) is 17.4 Å². The van der Waals surface area contributed by atoms with Crippen molar-refractivity contribution < 1.29 is 18.3 Å². The Hall–Kier alpha value is -2.98. The van der Waals surface area contributed by atoms with E-state index in [1.54, 1.807) is 18.2 Å². The van der Waals surface area contributed by atoms with Gasteiger partial charge in [0, 0.05) is 0 Å². The minimum Gasteiger partial charge on any atom is -0.494 e. The first-order valence-electron chi connectivity index (χ1n) is 8.67. The molecule has 0 spiro atoms. The lowest BCUT2D eigenvalue weighted by molar-refractivity contribution is -0.113. The molecule has 7 nitrogen and oxygen atoms in total. The van der Waals surface area contributed by atoms with Crippen LogP contribution in [0.5, 0.6) is 5.75 Å². The Kier molecular flexibility index (Phi) is 5.72. The number of rotatable bonds is 7. The molecule has 10 heteroatoms. The normalized spacial score (nSPS) is 11.0. The van der Waals surface area contributed by atoms with Gasteiger partial charge in [0.1, 0.15) is 11.6 Å². The van der Waals surface area contributed by atoms with Gasteiger partial charge in [0.05, 0.1) is 28.1 Å². The number of halogens is 1. The molecule has 0 unspecified atom stereocenters. The summed E-state index contributed by atoms with van der Waals surface area (Å²) in [5.41, 5.74) is 1.00. The summed E-state index contributed by atoms with van der Waals surface area (Å²) >= 11 is 2.43. The van der Waals surface area contributed by atoms with E-state index in [-0.39, 0.29) is 28.3 Å². The first-order valence-corrected chi connectivity index (χ1v) is 10.5. The summed E-state index contributed by atoms with van der Waals surface area (Å²) in [6, 6.07) is 11.7. The molecule has 0 aliphatic heterocycles. The average Bonchev–Trinajstić information content (AvgIpc) is 3.33. The minimum absolute atomic E-state index is 0.0546. The fourth-order valence-corrected chi connectivity index (χ4v) is 3.98. The number of aromatic nitrogens is 3. The zero-order chi connectivity index (χ0) is 20.2. The molecule has 0 aliphatic carbocycles. The smallest absolute Gasteiger partial charge is 0.277 e. The molecular formula is C19H15FN4O3S2. The highest BCUT2D eigenvalue weighted by Crippen LogP contribution is 2.30. The van der Waals surface area contributed by atoms with E-state index in [0.29, 0.717) is 11.7 Å². The van der Waals surface area contributed by atoms with Gasteiger partial charge in [0.15, 0.2) is 5.13 Å². The molecule has 1 amide bonds. The number of thiazole rings is 1. The van der Waals surface area contributed by atoms with Gasteiger partial charge in [0.2, 0.25) is 5.91 Å². The van der Waals surface area contributed by atoms with Crippen LogP contribution < -0.4 is 10.1 Å². The monoisotopic (exact) mass is 430 g/mol. The fraction of sp³-hybridized carbons (Fsp3) is 0.158. The molecule has 2 aromatic heterocycles. The van der Waals surface area contributed by atoms with E-state index in [4.69, 9.17) is 9.15 Å². The Morgan fingerprint density at radius 3 is 2.97 bits per heavy atom. The molecule has 4 rings (SSSR count). The Morgan fingerprint density at radius 2 is 2.14 bits per heavy atom. The summed E-state index contributed by atoms with van der Waals surface area (Å²) < 4.78 is 25.6. The van der Waals surface area contributed by atoms with Gasteiger partial charge in [-0.1, -0.05) is 35.2 Å². The number of hydrogen-bond acceptors (Lipinski definition) is 8. The molecule has 0 saturated carbocycles. The van der Waals surface area contributed by atoms with Crippen molar-refractivity contribution in [2.75, 3.05) is 17.7 Å². The van der Waals surface area contributed by atoms with Crippen LogP contribution in [-0.4, -0.2) is 33.4 Å². The largest absolute Gasteiger partial charge is 0.494 e. The number of nitrogens with zero attached hydrogens (tertiary/aromatic N) is 3. The van der Waals surface area contributed by atoms with E-state index < -0.39 is 5.82 Å². The molecule has 148 valence electrons. The molecule has 1 N–H and O–H groups in total. The quantitative estimate of drug-likeness (QED) is 0.428. The van der Waals surface area contributed by atoms with Crippen molar-refractivity contribution in [3.63, 3.8) is 0 Å². The number of carbonyl (C=O) groups is 1. The van der Waals surface area contributed by atoms with Gasteiger partial charge in [-0.25, -0.2) is 9.37 Å².